The molecule has 0 amide bonds. The molecule has 0 N–H and O–H groups in total. The number of ether oxygens (including phenoxy) is 1. The van der Waals surface area contributed by atoms with Crippen LogP contribution >= 0.6 is 0 Å². The molecule has 114 valence electrons. The van der Waals surface area contributed by atoms with Crippen LogP contribution in [0.2, 0.25) is 0 Å². The van der Waals surface area contributed by atoms with Crippen LogP contribution in [0.5, 0.6) is 0 Å². The van der Waals surface area contributed by atoms with Gasteiger partial charge in [0, 0.05) is 18.8 Å². The third-order valence-corrected chi connectivity index (χ3v) is 4.46. The van der Waals surface area contributed by atoms with Gasteiger partial charge < -0.3 is 4.74 Å². The normalized spacial score (nSPS) is 29.3. The second-order valence-corrected chi connectivity index (χ2v) is 5.94. The summed E-state index contributed by atoms with van der Waals surface area (Å²) in [6.45, 7) is 1.90. The minimum absolute atomic E-state index is 0.0111. The van der Waals surface area contributed by atoms with E-state index in [4.69, 9.17) is 4.74 Å². The molecule has 0 aliphatic heterocycles. The highest BCUT2D eigenvalue weighted by molar-refractivity contribution is 6.09. The highest BCUT2D eigenvalue weighted by atomic mass is 16.5. The van der Waals surface area contributed by atoms with Gasteiger partial charge in [-0.2, -0.15) is 0 Å². The van der Waals surface area contributed by atoms with Gasteiger partial charge in [-0.05, 0) is 24.6 Å². The average molecular weight is 298 g/mol. The number of fused-ring (bicyclic) bond motifs is 1. The van der Waals surface area contributed by atoms with E-state index in [0.29, 0.717) is 0 Å². The van der Waals surface area contributed by atoms with Crippen LogP contribution in [0.25, 0.3) is 0 Å². The van der Waals surface area contributed by atoms with Crippen LogP contribution in [0.15, 0.2) is 42.5 Å². The van der Waals surface area contributed by atoms with Crippen molar-refractivity contribution in [3.63, 3.8) is 0 Å². The van der Waals surface area contributed by atoms with Crippen molar-refractivity contribution in [2.45, 2.75) is 32.0 Å². The summed E-state index contributed by atoms with van der Waals surface area (Å²) >= 11 is 0. The van der Waals surface area contributed by atoms with Crippen molar-refractivity contribution in [3.8, 4) is 0 Å². The molecule has 0 radical (unpaired) electrons. The molecular weight excluding hydrogens is 280 g/mol. The Bertz CT molecular complexity index is 632. The second kappa shape index (κ2) is 5.97. The van der Waals surface area contributed by atoms with Crippen LogP contribution in [0.1, 0.15) is 31.4 Å². The van der Waals surface area contributed by atoms with E-state index >= 15 is 0 Å². The Labute approximate surface area is 129 Å². The number of benzene rings is 1. The lowest BCUT2D eigenvalue weighted by atomic mass is 9.70. The molecule has 2 aliphatic carbocycles. The number of hydrogen-bond donors (Lipinski definition) is 0. The first-order valence-electron chi connectivity index (χ1n) is 7.54. The molecule has 4 unspecified atom stereocenters. The molecule has 0 bridgehead atoms. The second-order valence-electron chi connectivity index (χ2n) is 5.94. The molecule has 2 aliphatic rings. The lowest BCUT2D eigenvalue weighted by Crippen LogP contribution is -2.47. The lowest BCUT2D eigenvalue weighted by Gasteiger charge is -2.37. The molecule has 4 nitrogen and oxygen atoms in total. The molecule has 0 heterocycles. The van der Waals surface area contributed by atoms with Gasteiger partial charge >= 0.3 is 0 Å². The van der Waals surface area contributed by atoms with Crippen LogP contribution in [-0.4, -0.2) is 23.5 Å². The molecule has 0 spiro atoms. The van der Waals surface area contributed by atoms with Crippen molar-refractivity contribution in [3.05, 3.63) is 48.0 Å². The van der Waals surface area contributed by atoms with Gasteiger partial charge in [0.25, 0.3) is 0 Å². The van der Waals surface area contributed by atoms with Crippen LogP contribution < -0.4 is 0 Å². The van der Waals surface area contributed by atoms with Crippen LogP contribution in [-0.2, 0) is 19.1 Å². The fourth-order valence-electron chi connectivity index (χ4n) is 3.32. The van der Waals surface area contributed by atoms with E-state index in [1.807, 2.05) is 37.3 Å². The average Bonchev–Trinajstić information content (AvgIpc) is 2.51. The fraction of sp³-hybridized carbons (Fsp3) is 0.389. The molecule has 1 aromatic carbocycles. The monoisotopic (exact) mass is 298 g/mol. The molecule has 3 rings (SSSR count). The Hall–Kier alpha value is -2.07. The maximum absolute atomic E-state index is 12.2. The smallest absolute Gasteiger partial charge is 0.162 e. The number of carbonyl (C=O) groups is 3. The lowest BCUT2D eigenvalue weighted by molar-refractivity contribution is -0.149. The maximum Gasteiger partial charge on any atom is 0.162 e. The summed E-state index contributed by atoms with van der Waals surface area (Å²) in [5.41, 5.74) is 0.988. The molecule has 0 saturated heterocycles. The molecule has 1 aromatic rings. The summed E-state index contributed by atoms with van der Waals surface area (Å²) < 4.78 is 6.01. The van der Waals surface area contributed by atoms with Gasteiger partial charge in [-0.3, -0.25) is 14.4 Å². The van der Waals surface area contributed by atoms with Crippen molar-refractivity contribution in [2.24, 2.45) is 11.8 Å². The maximum atomic E-state index is 12.2. The van der Waals surface area contributed by atoms with E-state index < -0.39 is 17.9 Å². The number of carbonyl (C=O) groups excluding carboxylic acids is 3. The van der Waals surface area contributed by atoms with Crippen molar-refractivity contribution in [1.82, 2.24) is 0 Å². The first-order valence-corrected chi connectivity index (χ1v) is 7.54. The number of rotatable bonds is 3. The zero-order chi connectivity index (χ0) is 15.7. The van der Waals surface area contributed by atoms with Crippen molar-refractivity contribution in [1.29, 1.82) is 0 Å². The molecule has 22 heavy (non-hydrogen) atoms. The van der Waals surface area contributed by atoms with E-state index in [0.717, 1.165) is 5.56 Å². The minimum Gasteiger partial charge on any atom is -0.369 e. The Morgan fingerprint density at radius 1 is 1.00 bits per heavy atom. The molecule has 1 fully saturated rings. The van der Waals surface area contributed by atoms with Gasteiger partial charge in [0.2, 0.25) is 0 Å². The first kappa shape index (κ1) is 14.9. The number of Topliss-reactive ketones (excluding diaryl/α,β-unsaturated/α-hetero) is 1. The van der Waals surface area contributed by atoms with Crippen molar-refractivity contribution in [2.75, 3.05) is 0 Å². The zero-order valence-electron chi connectivity index (χ0n) is 12.4. The Morgan fingerprint density at radius 2 is 1.68 bits per heavy atom. The Balaban J connectivity index is 1.82. The van der Waals surface area contributed by atoms with E-state index in [-0.39, 0.29) is 36.3 Å². The molecule has 0 aromatic heterocycles. The quantitative estimate of drug-likeness (QED) is 0.860. The summed E-state index contributed by atoms with van der Waals surface area (Å²) in [4.78, 5) is 36.1. The van der Waals surface area contributed by atoms with Crippen LogP contribution in [0.3, 0.4) is 0 Å². The highest BCUT2D eigenvalue weighted by Gasteiger charge is 2.46. The third kappa shape index (κ3) is 2.79. The van der Waals surface area contributed by atoms with Gasteiger partial charge in [-0.1, -0.05) is 30.3 Å². The standard InChI is InChI=1S/C18H18O4/c1-11(12-5-3-2-4-6-12)22-17-10-13(19)9-14-15(20)7-8-16(21)18(14)17/h2-8,11,14,17-18H,9-10H2,1H3. The van der Waals surface area contributed by atoms with Crippen molar-refractivity contribution >= 4 is 17.3 Å². The van der Waals surface area contributed by atoms with Gasteiger partial charge in [0.05, 0.1) is 18.1 Å². The number of allylic oxidation sites excluding steroid dienone is 2. The third-order valence-electron chi connectivity index (χ3n) is 4.46. The summed E-state index contributed by atoms with van der Waals surface area (Å²) in [6.07, 6.45) is 2.21. The van der Waals surface area contributed by atoms with Crippen LogP contribution in [0, 0.1) is 11.8 Å². The molecule has 1 saturated carbocycles. The largest absolute Gasteiger partial charge is 0.369 e. The highest BCUT2D eigenvalue weighted by Crippen LogP contribution is 2.37. The van der Waals surface area contributed by atoms with E-state index in [1.165, 1.54) is 12.2 Å². The number of ketones is 3. The van der Waals surface area contributed by atoms with Gasteiger partial charge in [-0.25, -0.2) is 0 Å². The van der Waals surface area contributed by atoms with Gasteiger partial charge in [0.1, 0.15) is 5.78 Å². The topological polar surface area (TPSA) is 60.4 Å². The predicted molar refractivity (Wildman–Crippen MR) is 80.1 cm³/mol. The Morgan fingerprint density at radius 3 is 2.41 bits per heavy atom. The van der Waals surface area contributed by atoms with Gasteiger partial charge in [-0.15, -0.1) is 0 Å². The number of hydrogen-bond acceptors (Lipinski definition) is 4. The van der Waals surface area contributed by atoms with Gasteiger partial charge in [0.15, 0.2) is 11.6 Å². The first-order chi connectivity index (χ1) is 10.6. The summed E-state index contributed by atoms with van der Waals surface area (Å²) in [6, 6.07) is 9.65. The van der Waals surface area contributed by atoms with Crippen molar-refractivity contribution < 1.29 is 19.1 Å². The van der Waals surface area contributed by atoms with E-state index in [1.54, 1.807) is 0 Å². The predicted octanol–water partition coefficient (Wildman–Crippen LogP) is 2.44. The van der Waals surface area contributed by atoms with E-state index in [9.17, 15) is 14.4 Å². The SMILES string of the molecule is CC(OC1CC(=O)CC2C(=O)C=CC(=O)C12)c1ccccc1. The summed E-state index contributed by atoms with van der Waals surface area (Å²) in [5, 5.41) is 0. The minimum atomic E-state index is -0.549. The molecule has 4 atom stereocenters. The van der Waals surface area contributed by atoms with E-state index in [2.05, 4.69) is 0 Å². The fourth-order valence-corrected chi connectivity index (χ4v) is 3.32. The summed E-state index contributed by atoms with van der Waals surface area (Å²) in [5.74, 6) is -1.34. The summed E-state index contributed by atoms with van der Waals surface area (Å²) in [7, 11) is 0. The molecule has 4 heteroatoms. The Kier molecular flexibility index (Phi) is 4.03. The van der Waals surface area contributed by atoms with Crippen LogP contribution in [0.4, 0.5) is 0 Å². The zero-order valence-corrected chi connectivity index (χ0v) is 12.4. The molecular formula is C18H18O4.